The van der Waals surface area contributed by atoms with Gasteiger partial charge in [-0.15, -0.1) is 0 Å². The SMILES string of the molecule is C=C(C)c1cc2cc(C)cnn2c1.CC. The summed E-state index contributed by atoms with van der Waals surface area (Å²) in [6.07, 6.45) is 3.85. The van der Waals surface area contributed by atoms with E-state index in [9.17, 15) is 0 Å². The third kappa shape index (κ3) is 2.46. The van der Waals surface area contributed by atoms with Crippen molar-refractivity contribution in [1.29, 1.82) is 0 Å². The van der Waals surface area contributed by atoms with Crippen LogP contribution in [-0.2, 0) is 0 Å². The summed E-state index contributed by atoms with van der Waals surface area (Å²) in [5, 5.41) is 4.26. The van der Waals surface area contributed by atoms with Crippen molar-refractivity contribution < 1.29 is 0 Å². The van der Waals surface area contributed by atoms with Crippen LogP contribution in [0, 0.1) is 6.92 Å². The molecule has 0 aromatic carbocycles. The number of allylic oxidation sites excluding steroid dienone is 1. The molecule has 0 unspecified atom stereocenters. The Morgan fingerprint density at radius 1 is 1.33 bits per heavy atom. The molecule has 0 aliphatic rings. The fraction of sp³-hybridized carbons (Fsp3) is 0.308. The Kier molecular flexibility index (Phi) is 3.67. The van der Waals surface area contributed by atoms with E-state index in [-0.39, 0.29) is 0 Å². The summed E-state index contributed by atoms with van der Waals surface area (Å²) < 4.78 is 1.87. The Morgan fingerprint density at radius 3 is 2.60 bits per heavy atom. The minimum atomic E-state index is 1.07. The molecule has 2 rings (SSSR count). The van der Waals surface area contributed by atoms with Crippen LogP contribution in [0.5, 0.6) is 0 Å². The zero-order valence-corrected chi connectivity index (χ0v) is 9.91. The molecule has 80 valence electrons. The van der Waals surface area contributed by atoms with Crippen LogP contribution >= 0.6 is 0 Å². The quantitative estimate of drug-likeness (QED) is 0.689. The zero-order chi connectivity index (χ0) is 11.4. The summed E-state index contributed by atoms with van der Waals surface area (Å²) >= 11 is 0. The van der Waals surface area contributed by atoms with Gasteiger partial charge in [0.1, 0.15) is 0 Å². The average Bonchev–Trinajstić information content (AvgIpc) is 2.63. The first-order valence-corrected chi connectivity index (χ1v) is 5.28. The van der Waals surface area contributed by atoms with Crippen LogP contribution in [0.25, 0.3) is 11.1 Å². The smallest absolute Gasteiger partial charge is 0.0655 e. The minimum absolute atomic E-state index is 1.07. The molecule has 0 atom stereocenters. The van der Waals surface area contributed by atoms with Crippen LogP contribution in [0.3, 0.4) is 0 Å². The maximum Gasteiger partial charge on any atom is 0.0655 e. The van der Waals surface area contributed by atoms with Crippen molar-refractivity contribution in [2.24, 2.45) is 0 Å². The first-order chi connectivity index (χ1) is 7.16. The predicted octanol–water partition coefficient (Wildman–Crippen LogP) is 3.70. The van der Waals surface area contributed by atoms with Crippen LogP contribution in [0.1, 0.15) is 31.9 Å². The van der Waals surface area contributed by atoms with Crippen LogP contribution in [0.15, 0.2) is 31.1 Å². The molecule has 15 heavy (non-hydrogen) atoms. The molecule has 2 nitrogen and oxygen atoms in total. The van der Waals surface area contributed by atoms with Gasteiger partial charge in [0, 0.05) is 6.20 Å². The highest BCUT2D eigenvalue weighted by Crippen LogP contribution is 2.15. The Hall–Kier alpha value is -1.57. The van der Waals surface area contributed by atoms with Gasteiger partial charge in [-0.1, -0.05) is 20.4 Å². The predicted molar refractivity (Wildman–Crippen MR) is 66.0 cm³/mol. The second kappa shape index (κ2) is 4.78. The summed E-state index contributed by atoms with van der Waals surface area (Å²) in [4.78, 5) is 0. The first-order valence-electron chi connectivity index (χ1n) is 5.28. The summed E-state index contributed by atoms with van der Waals surface area (Å²) in [7, 11) is 0. The molecular weight excluding hydrogens is 184 g/mol. The van der Waals surface area contributed by atoms with E-state index >= 15 is 0 Å². The Labute approximate surface area is 91.2 Å². The molecule has 0 N–H and O–H groups in total. The van der Waals surface area contributed by atoms with E-state index < -0.39 is 0 Å². The van der Waals surface area contributed by atoms with Crippen molar-refractivity contribution in [3.63, 3.8) is 0 Å². The van der Waals surface area contributed by atoms with Gasteiger partial charge in [0.05, 0.1) is 11.7 Å². The molecule has 0 spiro atoms. The zero-order valence-electron chi connectivity index (χ0n) is 9.91. The van der Waals surface area contributed by atoms with Crippen LogP contribution in [-0.4, -0.2) is 9.61 Å². The first kappa shape index (κ1) is 11.5. The number of fused-ring (bicyclic) bond motifs is 1. The van der Waals surface area contributed by atoms with E-state index in [2.05, 4.69) is 23.8 Å². The summed E-state index contributed by atoms with van der Waals surface area (Å²) in [6.45, 7) is 11.9. The average molecular weight is 202 g/mol. The van der Waals surface area contributed by atoms with E-state index in [1.807, 2.05) is 44.6 Å². The Bertz CT molecular complexity index is 466. The second-order valence-electron chi connectivity index (χ2n) is 3.41. The van der Waals surface area contributed by atoms with Gasteiger partial charge < -0.3 is 0 Å². The third-order valence-corrected chi connectivity index (χ3v) is 2.08. The molecule has 0 aliphatic heterocycles. The molecule has 2 heteroatoms. The summed E-state index contributed by atoms with van der Waals surface area (Å²) in [5.74, 6) is 0. The van der Waals surface area contributed by atoms with Gasteiger partial charge in [-0.25, -0.2) is 4.52 Å². The molecule has 0 radical (unpaired) electrons. The number of aromatic nitrogens is 2. The van der Waals surface area contributed by atoms with E-state index in [1.165, 1.54) is 5.56 Å². The molecule has 0 bridgehead atoms. The lowest BCUT2D eigenvalue weighted by atomic mass is 10.2. The van der Waals surface area contributed by atoms with E-state index in [4.69, 9.17) is 0 Å². The van der Waals surface area contributed by atoms with Gasteiger partial charge in [-0.05, 0) is 42.7 Å². The lowest BCUT2D eigenvalue weighted by molar-refractivity contribution is 0.931. The number of nitrogens with zero attached hydrogens (tertiary/aromatic N) is 2. The molecule has 2 aromatic heterocycles. The molecule has 0 aliphatic carbocycles. The standard InChI is InChI=1S/C11H12N2.C2H6/c1-8(2)10-5-11-4-9(3)6-12-13(11)7-10;1-2/h4-7H,1H2,2-3H3;1-2H3. The van der Waals surface area contributed by atoms with Gasteiger partial charge in [0.25, 0.3) is 0 Å². The van der Waals surface area contributed by atoms with Crippen molar-refractivity contribution in [1.82, 2.24) is 9.61 Å². The lowest BCUT2D eigenvalue weighted by Gasteiger charge is -1.92. The minimum Gasteiger partial charge on any atom is -0.240 e. The van der Waals surface area contributed by atoms with Crippen molar-refractivity contribution in [2.45, 2.75) is 27.7 Å². The third-order valence-electron chi connectivity index (χ3n) is 2.08. The van der Waals surface area contributed by atoms with Crippen molar-refractivity contribution >= 4 is 11.1 Å². The fourth-order valence-corrected chi connectivity index (χ4v) is 1.33. The summed E-state index contributed by atoms with van der Waals surface area (Å²) in [6, 6.07) is 4.21. The highest BCUT2D eigenvalue weighted by atomic mass is 15.2. The maximum absolute atomic E-state index is 4.26. The van der Waals surface area contributed by atoms with Crippen molar-refractivity contribution in [2.75, 3.05) is 0 Å². The normalized spacial score (nSPS) is 9.60. The second-order valence-corrected chi connectivity index (χ2v) is 3.41. The molecule has 2 aromatic rings. The molecule has 0 fully saturated rings. The van der Waals surface area contributed by atoms with E-state index in [0.717, 1.165) is 16.7 Å². The van der Waals surface area contributed by atoms with E-state index in [1.54, 1.807) is 0 Å². The highest BCUT2D eigenvalue weighted by Gasteiger charge is 2.00. The number of aryl methyl sites for hydroxylation is 1. The molecule has 0 saturated carbocycles. The van der Waals surface area contributed by atoms with Gasteiger partial charge >= 0.3 is 0 Å². The van der Waals surface area contributed by atoms with Crippen molar-refractivity contribution in [3.05, 3.63) is 42.2 Å². The molecule has 0 amide bonds. The number of hydrogen-bond acceptors (Lipinski definition) is 1. The number of rotatable bonds is 1. The van der Waals surface area contributed by atoms with E-state index in [0.29, 0.717) is 0 Å². The summed E-state index contributed by atoms with van der Waals surface area (Å²) in [5.41, 5.74) is 4.53. The van der Waals surface area contributed by atoms with Crippen LogP contribution in [0.4, 0.5) is 0 Å². The van der Waals surface area contributed by atoms with Crippen molar-refractivity contribution in [3.8, 4) is 0 Å². The molecular formula is C13H18N2. The van der Waals surface area contributed by atoms with Gasteiger partial charge in [-0.3, -0.25) is 0 Å². The maximum atomic E-state index is 4.26. The number of hydrogen-bond donors (Lipinski definition) is 0. The van der Waals surface area contributed by atoms with Crippen LogP contribution < -0.4 is 0 Å². The largest absolute Gasteiger partial charge is 0.240 e. The van der Waals surface area contributed by atoms with Gasteiger partial charge in [0.2, 0.25) is 0 Å². The lowest BCUT2D eigenvalue weighted by Crippen LogP contribution is -1.88. The fourth-order valence-electron chi connectivity index (χ4n) is 1.33. The Balaban J connectivity index is 0.000000531. The van der Waals surface area contributed by atoms with Gasteiger partial charge in [-0.2, -0.15) is 5.10 Å². The molecule has 2 heterocycles. The highest BCUT2D eigenvalue weighted by molar-refractivity contribution is 5.67. The monoisotopic (exact) mass is 202 g/mol. The Morgan fingerprint density at radius 2 is 2.00 bits per heavy atom. The van der Waals surface area contributed by atoms with Gasteiger partial charge in [0.15, 0.2) is 0 Å². The van der Waals surface area contributed by atoms with Crippen LogP contribution in [0.2, 0.25) is 0 Å². The topological polar surface area (TPSA) is 17.3 Å². The molecule has 0 saturated heterocycles.